The average molecular weight is 523 g/mol. The van der Waals surface area contributed by atoms with Gasteiger partial charge in [-0.3, -0.25) is 10.2 Å². The molecule has 1 aromatic heterocycles. The van der Waals surface area contributed by atoms with E-state index in [0.29, 0.717) is 30.8 Å². The summed E-state index contributed by atoms with van der Waals surface area (Å²) in [6.07, 6.45) is 0.471. The molecule has 0 spiro atoms. The number of carbonyl (C=O) groups excluding carboxylic acids is 2. The SMILES string of the molecule is CN(C)CCc1c(Oc2ccc(NC(=O)N3CCN(c4ccccc4)C3=O)cc2F)ccnc1NC(=O)O. The lowest BCUT2D eigenvalue weighted by atomic mass is 10.1. The lowest BCUT2D eigenvalue weighted by Crippen LogP contribution is -2.39. The van der Waals surface area contributed by atoms with E-state index >= 15 is 0 Å². The lowest BCUT2D eigenvalue weighted by Gasteiger charge is -2.18. The minimum atomic E-state index is -1.28. The molecule has 2 heterocycles. The molecule has 3 N–H and O–H groups in total. The first-order valence-electron chi connectivity index (χ1n) is 11.8. The van der Waals surface area contributed by atoms with Crippen molar-refractivity contribution in [3.63, 3.8) is 0 Å². The molecule has 11 nitrogen and oxygen atoms in total. The number of hydrogen-bond acceptors (Lipinski definition) is 6. The van der Waals surface area contributed by atoms with Crippen LogP contribution in [0.3, 0.4) is 0 Å². The number of carbonyl (C=O) groups is 3. The van der Waals surface area contributed by atoms with Crippen molar-refractivity contribution in [3.05, 3.63) is 72.2 Å². The predicted octanol–water partition coefficient (Wildman–Crippen LogP) is 4.68. The van der Waals surface area contributed by atoms with Crippen molar-refractivity contribution in [2.75, 3.05) is 49.3 Å². The number of urea groups is 2. The Morgan fingerprint density at radius 3 is 2.53 bits per heavy atom. The zero-order valence-electron chi connectivity index (χ0n) is 20.8. The number of nitrogens with zero attached hydrogens (tertiary/aromatic N) is 4. The third-order valence-corrected chi connectivity index (χ3v) is 5.77. The van der Waals surface area contributed by atoms with Gasteiger partial charge in [0.2, 0.25) is 0 Å². The quantitative estimate of drug-likeness (QED) is 0.392. The smallest absolute Gasteiger partial charge is 0.410 e. The van der Waals surface area contributed by atoms with Crippen LogP contribution in [0.5, 0.6) is 11.5 Å². The van der Waals surface area contributed by atoms with Gasteiger partial charge in [0.25, 0.3) is 0 Å². The number of nitrogens with one attached hydrogen (secondary N) is 2. The molecule has 0 atom stereocenters. The highest BCUT2D eigenvalue weighted by Gasteiger charge is 2.34. The van der Waals surface area contributed by atoms with Crippen LogP contribution in [0, 0.1) is 5.82 Å². The summed E-state index contributed by atoms with van der Waals surface area (Å²) in [4.78, 5) is 45.2. The molecule has 0 unspecified atom stereocenters. The number of para-hydroxylation sites is 1. The largest absolute Gasteiger partial charge is 0.465 e. The molecule has 0 aliphatic carbocycles. The summed E-state index contributed by atoms with van der Waals surface area (Å²) < 4.78 is 20.8. The van der Waals surface area contributed by atoms with Crippen molar-refractivity contribution < 1.29 is 28.6 Å². The highest BCUT2D eigenvalue weighted by atomic mass is 19.1. The molecule has 198 valence electrons. The second kappa shape index (κ2) is 11.6. The zero-order valence-corrected chi connectivity index (χ0v) is 20.8. The Balaban J connectivity index is 1.47. The Morgan fingerprint density at radius 2 is 1.84 bits per heavy atom. The number of amides is 5. The third-order valence-electron chi connectivity index (χ3n) is 5.77. The van der Waals surface area contributed by atoms with Gasteiger partial charge in [-0.2, -0.15) is 0 Å². The topological polar surface area (TPSA) is 127 Å². The van der Waals surface area contributed by atoms with Gasteiger partial charge in [0.1, 0.15) is 11.6 Å². The maximum absolute atomic E-state index is 15.0. The molecule has 0 saturated carbocycles. The molecular formula is C26H27FN6O5. The summed E-state index contributed by atoms with van der Waals surface area (Å²) in [5.41, 5.74) is 1.29. The van der Waals surface area contributed by atoms with Crippen molar-refractivity contribution in [3.8, 4) is 11.5 Å². The number of hydrogen-bond donors (Lipinski definition) is 3. The van der Waals surface area contributed by atoms with Gasteiger partial charge in [-0.05, 0) is 50.8 Å². The summed E-state index contributed by atoms with van der Waals surface area (Å²) in [6, 6.07) is 13.2. The fourth-order valence-electron chi connectivity index (χ4n) is 3.90. The molecule has 2 aromatic carbocycles. The van der Waals surface area contributed by atoms with Crippen LogP contribution in [0.25, 0.3) is 0 Å². The summed E-state index contributed by atoms with van der Waals surface area (Å²) >= 11 is 0. The molecule has 3 aromatic rings. The van der Waals surface area contributed by atoms with Crippen molar-refractivity contribution in [2.24, 2.45) is 0 Å². The summed E-state index contributed by atoms with van der Waals surface area (Å²) in [7, 11) is 3.73. The van der Waals surface area contributed by atoms with Gasteiger partial charge in [-0.15, -0.1) is 0 Å². The second-order valence-electron chi connectivity index (χ2n) is 8.72. The van der Waals surface area contributed by atoms with Crippen LogP contribution in [0.15, 0.2) is 60.8 Å². The first-order valence-corrected chi connectivity index (χ1v) is 11.8. The zero-order chi connectivity index (χ0) is 27.2. The van der Waals surface area contributed by atoms with Gasteiger partial charge in [0.15, 0.2) is 11.6 Å². The Labute approximate surface area is 218 Å². The maximum Gasteiger partial charge on any atom is 0.410 e. The minimum absolute atomic E-state index is 0.0981. The molecule has 4 rings (SSSR count). The highest BCUT2D eigenvalue weighted by molar-refractivity contribution is 6.08. The van der Waals surface area contributed by atoms with Crippen molar-refractivity contribution in [1.29, 1.82) is 0 Å². The fraction of sp³-hybridized carbons (Fsp3) is 0.231. The van der Waals surface area contributed by atoms with E-state index in [0.717, 1.165) is 11.0 Å². The molecular weight excluding hydrogens is 495 g/mol. The molecule has 0 radical (unpaired) electrons. The van der Waals surface area contributed by atoms with Crippen LogP contribution < -0.4 is 20.3 Å². The van der Waals surface area contributed by atoms with Crippen LogP contribution in [0.4, 0.5) is 36.0 Å². The van der Waals surface area contributed by atoms with Crippen LogP contribution in [0.2, 0.25) is 0 Å². The Bertz CT molecular complexity index is 1340. The van der Waals surface area contributed by atoms with E-state index < -0.39 is 24.0 Å². The first kappa shape index (κ1) is 26.4. The van der Waals surface area contributed by atoms with Gasteiger partial charge in [0.05, 0.1) is 6.54 Å². The van der Waals surface area contributed by atoms with Gasteiger partial charge >= 0.3 is 18.2 Å². The number of pyridine rings is 1. The summed E-state index contributed by atoms with van der Waals surface area (Å²) in [5, 5.41) is 13.9. The summed E-state index contributed by atoms with van der Waals surface area (Å²) in [6.45, 7) is 1.10. The Kier molecular flexibility index (Phi) is 8.02. The Morgan fingerprint density at radius 1 is 1.08 bits per heavy atom. The van der Waals surface area contributed by atoms with Crippen molar-refractivity contribution in [2.45, 2.75) is 6.42 Å². The van der Waals surface area contributed by atoms with Crippen LogP contribution in [0.1, 0.15) is 5.56 Å². The van der Waals surface area contributed by atoms with Crippen LogP contribution >= 0.6 is 0 Å². The average Bonchev–Trinajstić information content (AvgIpc) is 3.26. The van der Waals surface area contributed by atoms with Gasteiger partial charge in [0, 0.05) is 42.3 Å². The number of benzene rings is 2. The molecule has 1 aliphatic rings. The van der Waals surface area contributed by atoms with E-state index in [1.807, 2.05) is 25.1 Å². The van der Waals surface area contributed by atoms with Crippen LogP contribution in [-0.2, 0) is 6.42 Å². The van der Waals surface area contributed by atoms with Gasteiger partial charge in [-0.1, -0.05) is 18.2 Å². The molecule has 38 heavy (non-hydrogen) atoms. The Hall–Kier alpha value is -4.71. The van der Waals surface area contributed by atoms with E-state index in [4.69, 9.17) is 9.84 Å². The number of anilines is 3. The van der Waals surface area contributed by atoms with Gasteiger partial charge < -0.3 is 20.1 Å². The molecule has 5 amide bonds. The van der Waals surface area contributed by atoms with E-state index in [2.05, 4.69) is 15.6 Å². The number of aromatic nitrogens is 1. The number of imide groups is 1. The number of likely N-dealkylation sites (N-methyl/N-ethyl adjacent to an activating group) is 1. The molecule has 12 heteroatoms. The van der Waals surface area contributed by atoms with E-state index in [9.17, 15) is 18.8 Å². The molecule has 0 bridgehead atoms. The number of halogens is 1. The van der Waals surface area contributed by atoms with Gasteiger partial charge in [-0.25, -0.2) is 28.7 Å². The monoisotopic (exact) mass is 522 g/mol. The van der Waals surface area contributed by atoms with Crippen LogP contribution in [-0.4, -0.2) is 71.8 Å². The molecule has 1 fully saturated rings. The highest BCUT2D eigenvalue weighted by Crippen LogP contribution is 2.32. The van der Waals surface area contributed by atoms with Crippen molar-refractivity contribution >= 4 is 35.3 Å². The lowest BCUT2D eigenvalue weighted by molar-refractivity contribution is 0.208. The van der Waals surface area contributed by atoms with E-state index in [1.165, 1.54) is 29.3 Å². The predicted molar refractivity (Wildman–Crippen MR) is 140 cm³/mol. The fourth-order valence-corrected chi connectivity index (χ4v) is 3.90. The first-order chi connectivity index (χ1) is 18.2. The van der Waals surface area contributed by atoms with E-state index in [1.54, 1.807) is 24.3 Å². The minimum Gasteiger partial charge on any atom is -0.465 e. The number of ether oxygens (including phenoxy) is 1. The standard InChI is InChI=1S/C26H27FN6O5/c1-31(2)13-11-19-21(10-12-28-23(19)30-25(35)36)38-22-9-8-17(16-20(22)27)29-24(34)33-15-14-32(26(33)37)18-6-4-3-5-7-18/h3-10,12,16H,11,13-15H2,1-2H3,(H,28,30)(H,29,34)(H,35,36). The second-order valence-corrected chi connectivity index (χ2v) is 8.72. The number of rotatable bonds is 8. The summed E-state index contributed by atoms with van der Waals surface area (Å²) in [5.74, 6) is -0.551. The number of carboxylic acid groups (broad SMARTS) is 1. The normalized spacial score (nSPS) is 13.1. The van der Waals surface area contributed by atoms with E-state index in [-0.39, 0.29) is 29.5 Å². The maximum atomic E-state index is 15.0. The molecule has 1 saturated heterocycles. The van der Waals surface area contributed by atoms with Crippen molar-refractivity contribution in [1.82, 2.24) is 14.8 Å². The third kappa shape index (κ3) is 6.16. The molecule has 1 aliphatic heterocycles.